The summed E-state index contributed by atoms with van der Waals surface area (Å²) in [5.74, 6) is -0.495. The Balaban J connectivity index is 1.76. The zero-order chi connectivity index (χ0) is 31.5. The molecule has 44 heavy (non-hydrogen) atoms. The first-order chi connectivity index (χ1) is 21.5. The van der Waals surface area contributed by atoms with Gasteiger partial charge in [-0.15, -0.1) is 0 Å². The van der Waals surface area contributed by atoms with E-state index in [4.69, 9.17) is 0 Å². The first kappa shape index (κ1) is 34.9. The molecule has 4 heteroatoms. The van der Waals surface area contributed by atoms with Gasteiger partial charge in [-0.25, -0.2) is 0 Å². The molecule has 3 rings (SSSR count). The van der Waals surface area contributed by atoms with E-state index in [1.165, 1.54) is 19.3 Å². The van der Waals surface area contributed by atoms with E-state index in [0.717, 1.165) is 32.1 Å². The molecule has 3 aromatic rings. The molecule has 0 bridgehead atoms. The van der Waals surface area contributed by atoms with E-state index in [9.17, 15) is 20.1 Å². The van der Waals surface area contributed by atoms with E-state index >= 15 is 0 Å². The van der Waals surface area contributed by atoms with Crippen LogP contribution < -0.4 is 0 Å². The molecule has 0 aliphatic carbocycles. The molecule has 3 N–H and O–H groups in total. The third kappa shape index (κ3) is 8.75. The van der Waals surface area contributed by atoms with Crippen molar-refractivity contribution in [3.63, 3.8) is 0 Å². The fraction of sp³-hybridized carbons (Fsp3) is 0.375. The number of carbonyl (C=O) groups is 1. The summed E-state index contributed by atoms with van der Waals surface area (Å²) >= 11 is 0. The average molecular weight is 595 g/mol. The minimum Gasteiger partial charge on any atom is -0.394 e. The number of hydrogen-bond donors (Lipinski definition) is 3. The van der Waals surface area contributed by atoms with Gasteiger partial charge in [0.2, 0.25) is 0 Å². The van der Waals surface area contributed by atoms with E-state index in [1.54, 1.807) is 0 Å². The van der Waals surface area contributed by atoms with Gasteiger partial charge in [0, 0.05) is 6.42 Å². The van der Waals surface area contributed by atoms with Crippen LogP contribution in [0.3, 0.4) is 0 Å². The number of aliphatic hydroxyl groups excluding tert-OH is 2. The Bertz CT molecular complexity index is 1200. The topological polar surface area (TPSA) is 77.8 Å². The minimum absolute atomic E-state index is 0.0696. The highest BCUT2D eigenvalue weighted by molar-refractivity contribution is 5.92. The van der Waals surface area contributed by atoms with Crippen LogP contribution in [0.15, 0.2) is 127 Å². The Morgan fingerprint density at radius 3 is 1.48 bits per heavy atom. The van der Waals surface area contributed by atoms with Gasteiger partial charge < -0.3 is 15.3 Å². The van der Waals surface area contributed by atoms with Crippen LogP contribution in [-0.2, 0) is 10.2 Å². The molecule has 0 fully saturated rings. The van der Waals surface area contributed by atoms with Gasteiger partial charge in [0.05, 0.1) is 12.0 Å². The SMILES string of the molecule is CCCCC/C=C\C/C=C\C/C=C\CCCCC(=O)[C@@](O)([C@@H](O)CO)C(c1ccccc1)(c1ccccc1)c1ccccc1. The van der Waals surface area contributed by atoms with Crippen molar-refractivity contribution in [3.05, 3.63) is 144 Å². The first-order valence-electron chi connectivity index (χ1n) is 16.2. The van der Waals surface area contributed by atoms with Crippen LogP contribution in [0.1, 0.15) is 87.8 Å². The summed E-state index contributed by atoms with van der Waals surface area (Å²) in [6.07, 6.45) is 20.4. The molecule has 0 radical (unpaired) electrons. The summed E-state index contributed by atoms with van der Waals surface area (Å²) in [6, 6.07) is 28.0. The quantitative estimate of drug-likeness (QED) is 0.0699. The molecule has 0 saturated heterocycles. The van der Waals surface area contributed by atoms with Gasteiger partial charge in [-0.2, -0.15) is 0 Å². The van der Waals surface area contributed by atoms with Gasteiger partial charge in [0.25, 0.3) is 0 Å². The highest BCUT2D eigenvalue weighted by Gasteiger charge is 2.61. The van der Waals surface area contributed by atoms with Gasteiger partial charge in [0.1, 0.15) is 6.10 Å². The number of benzene rings is 3. The lowest BCUT2D eigenvalue weighted by atomic mass is 9.56. The number of ketones is 1. The van der Waals surface area contributed by atoms with Crippen molar-refractivity contribution < 1.29 is 20.1 Å². The lowest BCUT2D eigenvalue weighted by Gasteiger charge is -2.49. The fourth-order valence-corrected chi connectivity index (χ4v) is 6.03. The largest absolute Gasteiger partial charge is 0.394 e. The second-order valence-corrected chi connectivity index (χ2v) is 11.4. The summed E-state index contributed by atoms with van der Waals surface area (Å²) < 4.78 is 0. The lowest BCUT2D eigenvalue weighted by Crippen LogP contribution is -2.65. The summed E-state index contributed by atoms with van der Waals surface area (Å²) in [5, 5.41) is 34.2. The molecule has 0 unspecified atom stereocenters. The Morgan fingerprint density at radius 2 is 1.07 bits per heavy atom. The Labute approximate surface area is 264 Å². The van der Waals surface area contributed by atoms with Crippen molar-refractivity contribution in [3.8, 4) is 0 Å². The molecule has 0 aliphatic rings. The van der Waals surface area contributed by atoms with Crippen LogP contribution >= 0.6 is 0 Å². The average Bonchev–Trinajstić information content (AvgIpc) is 3.07. The van der Waals surface area contributed by atoms with Crippen molar-refractivity contribution in [2.75, 3.05) is 6.61 Å². The Kier molecular flexibility index (Phi) is 15.0. The number of carbonyl (C=O) groups excluding carboxylic acids is 1. The van der Waals surface area contributed by atoms with Crippen LogP contribution in [0.25, 0.3) is 0 Å². The van der Waals surface area contributed by atoms with Gasteiger partial charge >= 0.3 is 0 Å². The molecule has 2 atom stereocenters. The number of Topliss-reactive ketones (excluding diaryl/α,β-unsaturated/α-hetero) is 1. The molecule has 0 saturated carbocycles. The van der Waals surface area contributed by atoms with Crippen LogP contribution in [0, 0.1) is 0 Å². The Hall–Kier alpha value is -3.57. The predicted octanol–water partition coefficient (Wildman–Crippen LogP) is 8.26. The molecule has 234 valence electrons. The summed E-state index contributed by atoms with van der Waals surface area (Å²) in [6.45, 7) is 1.46. The van der Waals surface area contributed by atoms with Crippen molar-refractivity contribution >= 4 is 5.78 Å². The third-order valence-electron chi connectivity index (χ3n) is 8.32. The maximum Gasteiger partial charge on any atom is 0.168 e. The van der Waals surface area contributed by atoms with Crippen molar-refractivity contribution in [2.45, 2.75) is 88.3 Å². The van der Waals surface area contributed by atoms with Crippen LogP contribution in [0.2, 0.25) is 0 Å². The summed E-state index contributed by atoms with van der Waals surface area (Å²) in [5.41, 5.74) is -1.83. The molecule has 0 spiro atoms. The number of hydrogen-bond acceptors (Lipinski definition) is 4. The highest BCUT2D eigenvalue weighted by atomic mass is 16.4. The van der Waals surface area contributed by atoms with Gasteiger partial charge in [0.15, 0.2) is 11.4 Å². The van der Waals surface area contributed by atoms with E-state index in [-0.39, 0.29) is 6.42 Å². The van der Waals surface area contributed by atoms with Gasteiger partial charge in [-0.1, -0.05) is 147 Å². The van der Waals surface area contributed by atoms with Crippen LogP contribution in [0.5, 0.6) is 0 Å². The molecule has 4 nitrogen and oxygen atoms in total. The molecular weight excluding hydrogens is 544 g/mol. The van der Waals surface area contributed by atoms with Crippen LogP contribution in [-0.4, -0.2) is 39.4 Å². The Morgan fingerprint density at radius 1 is 0.659 bits per heavy atom. The van der Waals surface area contributed by atoms with Crippen molar-refractivity contribution in [1.29, 1.82) is 0 Å². The molecular formula is C40H50O4. The van der Waals surface area contributed by atoms with Crippen molar-refractivity contribution in [2.24, 2.45) is 0 Å². The smallest absolute Gasteiger partial charge is 0.168 e. The highest BCUT2D eigenvalue weighted by Crippen LogP contribution is 2.50. The predicted molar refractivity (Wildman–Crippen MR) is 182 cm³/mol. The minimum atomic E-state index is -2.34. The molecule has 0 aromatic heterocycles. The van der Waals surface area contributed by atoms with E-state index in [2.05, 4.69) is 43.4 Å². The lowest BCUT2D eigenvalue weighted by molar-refractivity contribution is -0.164. The van der Waals surface area contributed by atoms with Crippen molar-refractivity contribution in [1.82, 2.24) is 0 Å². The number of rotatable bonds is 20. The molecule has 0 heterocycles. The fourth-order valence-electron chi connectivity index (χ4n) is 6.03. The molecule has 0 amide bonds. The zero-order valence-electron chi connectivity index (χ0n) is 26.2. The number of aliphatic hydroxyl groups is 3. The van der Waals surface area contributed by atoms with Gasteiger partial charge in [-0.05, 0) is 61.6 Å². The zero-order valence-corrected chi connectivity index (χ0v) is 26.2. The summed E-state index contributed by atoms with van der Waals surface area (Å²) in [4.78, 5) is 14.2. The maximum atomic E-state index is 14.2. The molecule has 0 aliphatic heterocycles. The number of unbranched alkanes of at least 4 members (excludes halogenated alkanes) is 5. The summed E-state index contributed by atoms with van der Waals surface area (Å²) in [7, 11) is 0. The molecule has 3 aromatic carbocycles. The monoisotopic (exact) mass is 594 g/mol. The third-order valence-corrected chi connectivity index (χ3v) is 8.32. The number of allylic oxidation sites excluding steroid dienone is 6. The van der Waals surface area contributed by atoms with Crippen LogP contribution in [0.4, 0.5) is 0 Å². The normalized spacial score (nSPS) is 14.4. The second-order valence-electron chi connectivity index (χ2n) is 11.4. The van der Waals surface area contributed by atoms with E-state index < -0.39 is 29.5 Å². The first-order valence-corrected chi connectivity index (χ1v) is 16.2. The standard InChI is InChI=1S/C40H50O4/c1-2-3-4-5-6-7-8-9-10-11-12-13-14-15-25-32-37(42)40(44,38(43)33-41)39(34-26-19-16-20-27-34,35-28-21-17-22-29-35)36-30-23-18-24-31-36/h6-7,9-10,12-13,16-24,26-31,38,41,43-44H,2-5,8,11,14-15,25,32-33H2,1H3/b7-6-,10-9-,13-12-/t38-,40+/m0/s1. The van der Waals surface area contributed by atoms with E-state index in [0.29, 0.717) is 23.1 Å². The second kappa shape index (κ2) is 19.0. The van der Waals surface area contributed by atoms with Gasteiger partial charge in [-0.3, -0.25) is 4.79 Å². The van der Waals surface area contributed by atoms with E-state index in [1.807, 2.05) is 91.0 Å². The maximum absolute atomic E-state index is 14.2.